The van der Waals surface area contributed by atoms with Gasteiger partial charge in [-0.25, -0.2) is 9.67 Å². The minimum absolute atomic E-state index is 0.0435. The van der Waals surface area contributed by atoms with Crippen molar-refractivity contribution < 1.29 is 9.53 Å². The van der Waals surface area contributed by atoms with Crippen LogP contribution in [0, 0.1) is 6.92 Å². The number of ether oxygens (including phenoxy) is 1. The number of hydrogen-bond donors (Lipinski definition) is 1. The fourth-order valence-corrected chi connectivity index (χ4v) is 4.24. The van der Waals surface area contributed by atoms with Gasteiger partial charge in [-0.05, 0) is 31.9 Å². The monoisotopic (exact) mass is 418 g/mol. The van der Waals surface area contributed by atoms with Gasteiger partial charge in [0, 0.05) is 23.7 Å². The first-order chi connectivity index (χ1) is 13.5. The maximum atomic E-state index is 12.8. The molecule has 0 spiro atoms. The lowest BCUT2D eigenvalue weighted by Crippen LogP contribution is -2.37. The summed E-state index contributed by atoms with van der Waals surface area (Å²) < 4.78 is 7.39. The first kappa shape index (κ1) is 19.0. The number of aryl methyl sites for hydroxylation is 1. The van der Waals surface area contributed by atoms with Gasteiger partial charge in [-0.3, -0.25) is 9.59 Å². The molecule has 1 saturated heterocycles. The second-order valence-electron chi connectivity index (χ2n) is 6.67. The van der Waals surface area contributed by atoms with Crippen molar-refractivity contribution in [3.8, 4) is 11.3 Å². The molecule has 28 heavy (non-hydrogen) atoms. The van der Waals surface area contributed by atoms with Crippen LogP contribution in [0.5, 0.6) is 0 Å². The third-order valence-electron chi connectivity index (χ3n) is 4.57. The number of benzene rings is 1. The Bertz CT molecular complexity index is 1070. The van der Waals surface area contributed by atoms with Gasteiger partial charge in [0.2, 0.25) is 5.91 Å². The lowest BCUT2D eigenvalue weighted by atomic mass is 10.1. The van der Waals surface area contributed by atoms with Crippen LogP contribution in [0.15, 0.2) is 29.1 Å². The highest BCUT2D eigenvalue weighted by Gasteiger charge is 2.19. The average molecular weight is 419 g/mol. The number of carbonyl (C=O) groups excluding carboxylic acids is 1. The van der Waals surface area contributed by atoms with Gasteiger partial charge in [0.1, 0.15) is 12.2 Å². The zero-order valence-electron chi connectivity index (χ0n) is 15.3. The standard InChI is InChI=1S/C19H19ClN4O3S/c1-11-22-17-18(28-11)16(12-4-6-13(20)7-5-12)23-24(19(17)26)10-15(25)21-9-14-3-2-8-27-14/h4-7,14H,2-3,8-10H2,1H3,(H,21,25)/t14-/m1/s1. The summed E-state index contributed by atoms with van der Waals surface area (Å²) in [6, 6.07) is 7.21. The van der Waals surface area contributed by atoms with Crippen molar-refractivity contribution in [2.45, 2.75) is 32.4 Å². The molecule has 9 heteroatoms. The third-order valence-corrected chi connectivity index (χ3v) is 5.80. The van der Waals surface area contributed by atoms with E-state index in [0.29, 0.717) is 27.5 Å². The Balaban J connectivity index is 1.66. The largest absolute Gasteiger partial charge is 0.376 e. The molecular weight excluding hydrogens is 400 g/mol. The molecule has 7 nitrogen and oxygen atoms in total. The van der Waals surface area contributed by atoms with Gasteiger partial charge in [0.25, 0.3) is 5.56 Å². The molecule has 146 valence electrons. The molecule has 1 atom stereocenters. The smallest absolute Gasteiger partial charge is 0.294 e. The van der Waals surface area contributed by atoms with Crippen LogP contribution in [-0.2, 0) is 16.1 Å². The molecule has 0 aliphatic carbocycles. The third kappa shape index (κ3) is 3.94. The molecule has 1 aromatic carbocycles. The molecule has 2 aromatic heterocycles. The van der Waals surface area contributed by atoms with E-state index in [1.807, 2.05) is 19.1 Å². The maximum Gasteiger partial charge on any atom is 0.294 e. The number of fused-ring (bicyclic) bond motifs is 1. The molecule has 0 unspecified atom stereocenters. The number of nitrogens with zero attached hydrogens (tertiary/aromatic N) is 3. The molecule has 0 radical (unpaired) electrons. The minimum Gasteiger partial charge on any atom is -0.376 e. The van der Waals surface area contributed by atoms with E-state index in [0.717, 1.165) is 30.0 Å². The van der Waals surface area contributed by atoms with Gasteiger partial charge in [-0.2, -0.15) is 5.10 Å². The summed E-state index contributed by atoms with van der Waals surface area (Å²) >= 11 is 7.40. The van der Waals surface area contributed by atoms with Crippen LogP contribution < -0.4 is 10.9 Å². The number of thiazole rings is 1. The number of amides is 1. The van der Waals surface area contributed by atoms with E-state index < -0.39 is 0 Å². The first-order valence-electron chi connectivity index (χ1n) is 9.04. The highest BCUT2D eigenvalue weighted by Crippen LogP contribution is 2.30. The number of nitrogens with one attached hydrogen (secondary N) is 1. The Morgan fingerprint density at radius 3 is 2.89 bits per heavy atom. The highest BCUT2D eigenvalue weighted by molar-refractivity contribution is 7.19. The number of halogens is 1. The highest BCUT2D eigenvalue weighted by atomic mass is 35.5. The second-order valence-corrected chi connectivity index (χ2v) is 8.31. The molecule has 1 N–H and O–H groups in total. The van der Waals surface area contributed by atoms with Crippen molar-refractivity contribution in [3.63, 3.8) is 0 Å². The number of aromatic nitrogens is 3. The molecule has 4 rings (SSSR count). The summed E-state index contributed by atoms with van der Waals surface area (Å²) in [5.41, 5.74) is 1.38. The first-order valence-corrected chi connectivity index (χ1v) is 10.2. The Hall–Kier alpha value is -2.29. The van der Waals surface area contributed by atoms with E-state index in [4.69, 9.17) is 16.3 Å². The van der Waals surface area contributed by atoms with Gasteiger partial charge >= 0.3 is 0 Å². The molecule has 3 aromatic rings. The number of rotatable bonds is 5. The van der Waals surface area contributed by atoms with Crippen LogP contribution in [0.1, 0.15) is 17.8 Å². The molecule has 1 fully saturated rings. The van der Waals surface area contributed by atoms with E-state index >= 15 is 0 Å². The molecular formula is C19H19ClN4O3S. The van der Waals surface area contributed by atoms with E-state index in [1.165, 1.54) is 16.0 Å². The normalized spacial score (nSPS) is 16.6. The Morgan fingerprint density at radius 1 is 1.39 bits per heavy atom. The van der Waals surface area contributed by atoms with Crippen LogP contribution in [-0.4, -0.2) is 39.9 Å². The zero-order valence-corrected chi connectivity index (χ0v) is 16.8. The Labute approximate surface area is 170 Å². The van der Waals surface area contributed by atoms with Crippen LogP contribution in [0.4, 0.5) is 0 Å². The molecule has 1 aliphatic rings. The van der Waals surface area contributed by atoms with Crippen molar-refractivity contribution in [1.82, 2.24) is 20.1 Å². The van der Waals surface area contributed by atoms with Gasteiger partial charge in [-0.15, -0.1) is 11.3 Å². The summed E-state index contributed by atoms with van der Waals surface area (Å²) in [7, 11) is 0. The summed E-state index contributed by atoms with van der Waals surface area (Å²) in [6.07, 6.45) is 1.98. The summed E-state index contributed by atoms with van der Waals surface area (Å²) in [5, 5.41) is 8.68. The second kappa shape index (κ2) is 7.98. The van der Waals surface area contributed by atoms with Gasteiger partial charge < -0.3 is 10.1 Å². The zero-order chi connectivity index (χ0) is 19.7. The van der Waals surface area contributed by atoms with E-state index in [1.54, 1.807) is 12.1 Å². The molecule has 0 saturated carbocycles. The number of carbonyl (C=O) groups is 1. The van der Waals surface area contributed by atoms with Crippen molar-refractivity contribution in [2.75, 3.05) is 13.2 Å². The fraction of sp³-hybridized carbons (Fsp3) is 0.368. The van der Waals surface area contributed by atoms with Crippen molar-refractivity contribution in [1.29, 1.82) is 0 Å². The van der Waals surface area contributed by atoms with Gasteiger partial charge in [-0.1, -0.05) is 23.7 Å². The fourth-order valence-electron chi connectivity index (χ4n) is 3.19. The van der Waals surface area contributed by atoms with Crippen LogP contribution in [0.2, 0.25) is 5.02 Å². The number of hydrogen-bond acceptors (Lipinski definition) is 6. The summed E-state index contributed by atoms with van der Waals surface area (Å²) in [5.74, 6) is -0.279. The van der Waals surface area contributed by atoms with Crippen LogP contribution in [0.3, 0.4) is 0 Å². The lowest BCUT2D eigenvalue weighted by molar-refractivity contribution is -0.122. The quantitative estimate of drug-likeness (QED) is 0.688. The van der Waals surface area contributed by atoms with Crippen molar-refractivity contribution in [3.05, 3.63) is 44.6 Å². The van der Waals surface area contributed by atoms with E-state index in [2.05, 4.69) is 15.4 Å². The van der Waals surface area contributed by atoms with Gasteiger partial charge in [0.15, 0.2) is 5.52 Å². The average Bonchev–Trinajstić information content (AvgIpc) is 3.33. The SMILES string of the molecule is Cc1nc2c(=O)n(CC(=O)NC[C@H]3CCCO3)nc(-c3ccc(Cl)cc3)c2s1. The summed E-state index contributed by atoms with van der Waals surface area (Å²) in [6.45, 7) is 2.84. The Kier molecular flexibility index (Phi) is 5.43. The predicted molar refractivity (Wildman–Crippen MR) is 109 cm³/mol. The van der Waals surface area contributed by atoms with E-state index in [9.17, 15) is 9.59 Å². The van der Waals surface area contributed by atoms with Crippen LogP contribution >= 0.6 is 22.9 Å². The topological polar surface area (TPSA) is 86.1 Å². The minimum atomic E-state index is -0.371. The Morgan fingerprint density at radius 2 is 2.18 bits per heavy atom. The molecule has 1 amide bonds. The lowest BCUT2D eigenvalue weighted by Gasteiger charge is -2.12. The molecule has 1 aliphatic heterocycles. The van der Waals surface area contributed by atoms with Crippen molar-refractivity contribution >= 4 is 39.1 Å². The maximum absolute atomic E-state index is 12.8. The van der Waals surface area contributed by atoms with Gasteiger partial charge in [0.05, 0.1) is 15.8 Å². The van der Waals surface area contributed by atoms with Crippen LogP contribution in [0.25, 0.3) is 21.5 Å². The van der Waals surface area contributed by atoms with E-state index in [-0.39, 0.29) is 24.1 Å². The molecule has 3 heterocycles. The molecule has 0 bridgehead atoms. The summed E-state index contributed by atoms with van der Waals surface area (Å²) in [4.78, 5) is 29.5. The van der Waals surface area contributed by atoms with Crippen molar-refractivity contribution in [2.24, 2.45) is 0 Å². The predicted octanol–water partition coefficient (Wildman–Crippen LogP) is 2.78.